The number of benzene rings is 2. The molecule has 0 aliphatic heterocycles. The lowest BCUT2D eigenvalue weighted by molar-refractivity contribution is -0.384. The highest BCUT2D eigenvalue weighted by Crippen LogP contribution is 2.22. The molecule has 8 nitrogen and oxygen atoms in total. The molecule has 0 spiro atoms. The average molecular weight is 415 g/mol. The van der Waals surface area contributed by atoms with Gasteiger partial charge in [0.25, 0.3) is 5.69 Å². The molecule has 0 unspecified atom stereocenters. The normalized spacial score (nSPS) is 10.8. The predicted octanol–water partition coefficient (Wildman–Crippen LogP) is 4.39. The number of para-hydroxylation sites is 1. The van der Waals surface area contributed by atoms with Gasteiger partial charge in [-0.05, 0) is 50.3 Å². The van der Waals surface area contributed by atoms with E-state index >= 15 is 0 Å². The van der Waals surface area contributed by atoms with Gasteiger partial charge < -0.3 is 14.6 Å². The molecule has 0 saturated heterocycles. The Balaban J connectivity index is 1.73. The predicted molar refractivity (Wildman–Crippen MR) is 110 cm³/mol. The van der Waals surface area contributed by atoms with Gasteiger partial charge in [0.2, 0.25) is 11.8 Å². The topological polar surface area (TPSA) is 97.3 Å². The van der Waals surface area contributed by atoms with E-state index in [2.05, 4.69) is 15.5 Å². The third-order valence-electron chi connectivity index (χ3n) is 4.10. The minimum Gasteiger partial charge on any atom is -0.419 e. The molecule has 1 N–H and O–H groups in total. The van der Waals surface area contributed by atoms with E-state index in [4.69, 9.17) is 16.6 Å². The fraction of sp³-hybridized carbons (Fsp3) is 0.211. The summed E-state index contributed by atoms with van der Waals surface area (Å²) in [7, 11) is 0. The maximum absolute atomic E-state index is 13.9. The Bertz CT molecular complexity index is 1020. The summed E-state index contributed by atoms with van der Waals surface area (Å²) in [6.45, 7) is 4.09. The number of hydrogen-bond acceptors (Lipinski definition) is 6. The van der Waals surface area contributed by atoms with Crippen LogP contribution in [0.1, 0.15) is 19.7 Å². The van der Waals surface area contributed by atoms with Crippen molar-refractivity contribution in [3.8, 4) is 11.5 Å². The van der Waals surface area contributed by atoms with Crippen LogP contribution in [-0.2, 0) is 6.54 Å². The molecule has 3 aromatic rings. The highest BCUT2D eigenvalue weighted by atomic mass is 32.1. The zero-order chi connectivity index (χ0) is 21.0. The van der Waals surface area contributed by atoms with Crippen molar-refractivity contribution in [2.24, 2.45) is 0 Å². The lowest BCUT2D eigenvalue weighted by Gasteiger charge is -2.28. The van der Waals surface area contributed by atoms with Gasteiger partial charge in [-0.2, -0.15) is 0 Å². The van der Waals surface area contributed by atoms with Gasteiger partial charge in [-0.25, -0.2) is 4.39 Å². The van der Waals surface area contributed by atoms with E-state index < -0.39 is 10.7 Å². The van der Waals surface area contributed by atoms with Crippen LogP contribution in [-0.4, -0.2) is 31.2 Å². The number of thiocarbonyl (C=S) groups is 1. The van der Waals surface area contributed by atoms with Crippen molar-refractivity contribution in [1.29, 1.82) is 0 Å². The van der Waals surface area contributed by atoms with Crippen LogP contribution in [0.15, 0.2) is 52.9 Å². The van der Waals surface area contributed by atoms with E-state index in [1.807, 2.05) is 13.8 Å². The fourth-order valence-electron chi connectivity index (χ4n) is 2.54. The third-order valence-corrected chi connectivity index (χ3v) is 4.43. The Labute approximate surface area is 171 Å². The molecule has 29 heavy (non-hydrogen) atoms. The summed E-state index contributed by atoms with van der Waals surface area (Å²) >= 11 is 5.43. The van der Waals surface area contributed by atoms with Crippen LogP contribution in [0.5, 0.6) is 0 Å². The van der Waals surface area contributed by atoms with Crippen LogP contribution >= 0.6 is 12.2 Å². The molecule has 0 atom stereocenters. The van der Waals surface area contributed by atoms with Gasteiger partial charge in [0.05, 0.1) is 17.2 Å². The number of rotatable bonds is 6. The highest BCUT2D eigenvalue weighted by molar-refractivity contribution is 7.80. The molecule has 0 fully saturated rings. The Morgan fingerprint density at radius 2 is 1.93 bits per heavy atom. The van der Waals surface area contributed by atoms with Crippen molar-refractivity contribution in [2.45, 2.75) is 26.4 Å². The SMILES string of the molecule is CC(C)N(Cc1nnc(-c2ccc([N+](=O)[O-])cc2)o1)C(=S)Nc1ccccc1F. The Morgan fingerprint density at radius 3 is 2.55 bits per heavy atom. The summed E-state index contributed by atoms with van der Waals surface area (Å²) in [5.74, 6) is 0.146. The van der Waals surface area contributed by atoms with Crippen molar-refractivity contribution in [1.82, 2.24) is 15.1 Å². The molecule has 1 aromatic heterocycles. The molecule has 0 amide bonds. The molecule has 0 saturated carbocycles. The molecule has 0 aliphatic carbocycles. The van der Waals surface area contributed by atoms with Gasteiger partial charge >= 0.3 is 0 Å². The first-order chi connectivity index (χ1) is 13.8. The largest absolute Gasteiger partial charge is 0.419 e. The van der Waals surface area contributed by atoms with Crippen molar-refractivity contribution >= 4 is 28.7 Å². The highest BCUT2D eigenvalue weighted by Gasteiger charge is 2.19. The molecular formula is C19H18FN5O3S. The fourth-order valence-corrected chi connectivity index (χ4v) is 2.93. The Morgan fingerprint density at radius 1 is 1.24 bits per heavy atom. The van der Waals surface area contributed by atoms with Crippen LogP contribution in [0.3, 0.4) is 0 Å². The molecule has 0 bridgehead atoms. The molecule has 3 rings (SSSR count). The third kappa shape index (κ3) is 4.91. The van der Waals surface area contributed by atoms with E-state index in [1.54, 1.807) is 35.2 Å². The molecule has 0 radical (unpaired) electrons. The van der Waals surface area contributed by atoms with E-state index in [9.17, 15) is 14.5 Å². The van der Waals surface area contributed by atoms with Gasteiger partial charge in [0, 0.05) is 23.7 Å². The van der Waals surface area contributed by atoms with Gasteiger partial charge in [0.1, 0.15) is 5.82 Å². The summed E-state index contributed by atoms with van der Waals surface area (Å²) in [6.07, 6.45) is 0. The molecule has 2 aromatic carbocycles. The summed E-state index contributed by atoms with van der Waals surface area (Å²) in [5.41, 5.74) is 0.821. The monoisotopic (exact) mass is 415 g/mol. The van der Waals surface area contributed by atoms with Crippen LogP contribution in [0.4, 0.5) is 15.8 Å². The van der Waals surface area contributed by atoms with E-state index in [1.165, 1.54) is 18.2 Å². The van der Waals surface area contributed by atoms with Crippen LogP contribution in [0.25, 0.3) is 11.5 Å². The van der Waals surface area contributed by atoms with Crippen molar-refractivity contribution in [3.63, 3.8) is 0 Å². The first kappa shape index (κ1) is 20.3. The van der Waals surface area contributed by atoms with E-state index in [0.717, 1.165) is 0 Å². The summed E-state index contributed by atoms with van der Waals surface area (Å²) in [6, 6.07) is 12.1. The van der Waals surface area contributed by atoms with Crippen molar-refractivity contribution in [3.05, 3.63) is 70.4 Å². The second kappa shape index (κ2) is 8.74. The van der Waals surface area contributed by atoms with Crippen molar-refractivity contribution in [2.75, 3.05) is 5.32 Å². The lowest BCUT2D eigenvalue weighted by atomic mass is 10.2. The minimum absolute atomic E-state index is 0.0171. The lowest BCUT2D eigenvalue weighted by Crippen LogP contribution is -2.39. The van der Waals surface area contributed by atoms with Crippen molar-refractivity contribution < 1.29 is 13.7 Å². The summed E-state index contributed by atoms with van der Waals surface area (Å²) < 4.78 is 19.6. The number of aromatic nitrogens is 2. The maximum Gasteiger partial charge on any atom is 0.269 e. The Kier molecular flexibility index (Phi) is 6.13. The minimum atomic E-state index is -0.479. The number of hydrogen-bond donors (Lipinski definition) is 1. The van der Waals surface area contributed by atoms with E-state index in [0.29, 0.717) is 16.6 Å². The molecule has 1 heterocycles. The second-order valence-electron chi connectivity index (χ2n) is 6.44. The smallest absolute Gasteiger partial charge is 0.269 e. The van der Waals surface area contributed by atoms with Gasteiger partial charge in [-0.3, -0.25) is 10.1 Å². The van der Waals surface area contributed by atoms with Gasteiger partial charge in [-0.1, -0.05) is 12.1 Å². The number of nitrogens with zero attached hydrogens (tertiary/aromatic N) is 4. The number of anilines is 1. The van der Waals surface area contributed by atoms with Crippen LogP contribution in [0, 0.1) is 15.9 Å². The van der Waals surface area contributed by atoms with Crippen LogP contribution in [0.2, 0.25) is 0 Å². The quantitative estimate of drug-likeness (QED) is 0.360. The zero-order valence-corrected chi connectivity index (χ0v) is 16.5. The summed E-state index contributed by atoms with van der Waals surface area (Å²) in [5, 5.41) is 22.0. The average Bonchev–Trinajstić information content (AvgIpc) is 3.16. The van der Waals surface area contributed by atoms with Crippen LogP contribution < -0.4 is 5.32 Å². The number of nitrogens with one attached hydrogen (secondary N) is 1. The number of halogens is 1. The first-order valence-corrected chi connectivity index (χ1v) is 9.15. The van der Waals surface area contributed by atoms with E-state index in [-0.39, 0.29) is 29.9 Å². The number of non-ortho nitro benzene ring substituents is 1. The maximum atomic E-state index is 13.9. The second-order valence-corrected chi connectivity index (χ2v) is 6.82. The van der Waals surface area contributed by atoms with Gasteiger partial charge in [-0.15, -0.1) is 10.2 Å². The Hall–Kier alpha value is -3.40. The first-order valence-electron chi connectivity index (χ1n) is 8.74. The number of nitro groups is 1. The number of nitro benzene ring substituents is 1. The summed E-state index contributed by atoms with van der Waals surface area (Å²) in [4.78, 5) is 12.1. The molecular weight excluding hydrogens is 397 g/mol. The van der Waals surface area contributed by atoms with Gasteiger partial charge in [0.15, 0.2) is 5.11 Å². The standard InChI is InChI=1S/C19H18FN5O3S/c1-12(2)24(19(29)21-16-6-4-3-5-15(16)20)11-17-22-23-18(28-17)13-7-9-14(10-8-13)25(26)27/h3-10,12H,11H2,1-2H3,(H,21,29). The molecule has 10 heteroatoms. The zero-order valence-electron chi connectivity index (χ0n) is 15.7. The molecule has 0 aliphatic rings. The molecule has 150 valence electrons.